The maximum absolute atomic E-state index is 11.0. The van der Waals surface area contributed by atoms with Crippen LogP contribution in [0.25, 0.3) is 0 Å². The molecule has 0 aromatic heterocycles. The van der Waals surface area contributed by atoms with Gasteiger partial charge in [0.15, 0.2) is 0 Å². The van der Waals surface area contributed by atoms with Gasteiger partial charge in [-0.2, -0.15) is 0 Å². The third-order valence-electron chi connectivity index (χ3n) is 1.56. The van der Waals surface area contributed by atoms with Crippen molar-refractivity contribution >= 4 is 17.7 Å². The predicted molar refractivity (Wildman–Crippen MR) is 52.2 cm³/mol. The molecule has 5 nitrogen and oxygen atoms in total. The Balaban J connectivity index is 3.98. The van der Waals surface area contributed by atoms with Gasteiger partial charge in [-0.3, -0.25) is 9.59 Å². The Morgan fingerprint density at radius 2 is 1.93 bits per heavy atom. The van der Waals surface area contributed by atoms with Gasteiger partial charge in [-0.25, -0.2) is 4.79 Å². The lowest BCUT2D eigenvalue weighted by atomic mass is 10.1. The molecule has 0 heterocycles. The first kappa shape index (κ1) is 13.4. The first-order chi connectivity index (χ1) is 6.82. The first-order valence-electron chi connectivity index (χ1n) is 4.43. The third kappa shape index (κ3) is 6.42. The van der Waals surface area contributed by atoms with Crippen molar-refractivity contribution in [3.8, 4) is 0 Å². The summed E-state index contributed by atoms with van der Waals surface area (Å²) in [5, 5.41) is 8.52. The molecule has 0 aliphatic rings. The zero-order valence-corrected chi connectivity index (χ0v) is 8.78. The Morgan fingerprint density at radius 3 is 2.33 bits per heavy atom. The predicted octanol–water partition coefficient (Wildman–Crippen LogP) is 0.928. The maximum atomic E-state index is 11.0. The number of esters is 1. The molecule has 0 saturated carbocycles. The van der Waals surface area contributed by atoms with Gasteiger partial charge in [0.05, 0.1) is 0 Å². The number of rotatable bonds is 6. The van der Waals surface area contributed by atoms with Gasteiger partial charge < -0.3 is 9.84 Å². The summed E-state index contributed by atoms with van der Waals surface area (Å²) in [6, 6.07) is 0. The maximum Gasteiger partial charge on any atom is 0.331 e. The number of ketones is 1. The van der Waals surface area contributed by atoms with Crippen LogP contribution in [0.5, 0.6) is 0 Å². The van der Waals surface area contributed by atoms with Crippen molar-refractivity contribution < 1.29 is 24.2 Å². The first-order valence-corrected chi connectivity index (χ1v) is 4.43. The van der Waals surface area contributed by atoms with E-state index >= 15 is 0 Å². The average molecular weight is 214 g/mol. The average Bonchev–Trinajstić information content (AvgIpc) is 2.00. The second-order valence-corrected chi connectivity index (χ2v) is 3.29. The SMILES string of the molecule is C=C(CC(C)OC(=O)CC(C)=O)C(=O)O. The Bertz CT molecular complexity index is 292. The van der Waals surface area contributed by atoms with Crippen LogP contribution in [0.15, 0.2) is 12.2 Å². The van der Waals surface area contributed by atoms with Gasteiger partial charge >= 0.3 is 11.9 Å². The molecule has 84 valence electrons. The Labute approximate surface area is 87.7 Å². The van der Waals surface area contributed by atoms with Crippen LogP contribution in [-0.4, -0.2) is 28.9 Å². The van der Waals surface area contributed by atoms with Crippen molar-refractivity contribution in [2.75, 3.05) is 0 Å². The minimum Gasteiger partial charge on any atom is -0.478 e. The normalized spacial score (nSPS) is 11.6. The van der Waals surface area contributed by atoms with Gasteiger partial charge in [0.2, 0.25) is 0 Å². The zero-order chi connectivity index (χ0) is 12.0. The fourth-order valence-corrected chi connectivity index (χ4v) is 0.945. The second-order valence-electron chi connectivity index (χ2n) is 3.29. The lowest BCUT2D eigenvalue weighted by Gasteiger charge is -2.12. The number of carbonyl (C=O) groups is 3. The van der Waals surface area contributed by atoms with Gasteiger partial charge in [-0.15, -0.1) is 0 Å². The number of carboxylic acid groups (broad SMARTS) is 1. The molecule has 0 radical (unpaired) electrons. The molecule has 1 atom stereocenters. The van der Waals surface area contributed by atoms with Gasteiger partial charge in [-0.1, -0.05) is 6.58 Å². The molecular formula is C10H14O5. The van der Waals surface area contributed by atoms with Crippen LogP contribution in [0.3, 0.4) is 0 Å². The molecule has 1 unspecified atom stereocenters. The summed E-state index contributed by atoms with van der Waals surface area (Å²) in [7, 11) is 0. The van der Waals surface area contributed by atoms with Crippen LogP contribution in [0, 0.1) is 0 Å². The van der Waals surface area contributed by atoms with E-state index in [0.717, 1.165) is 0 Å². The zero-order valence-electron chi connectivity index (χ0n) is 8.78. The molecule has 5 heteroatoms. The number of ether oxygens (including phenoxy) is 1. The van der Waals surface area contributed by atoms with E-state index in [-0.39, 0.29) is 24.2 Å². The summed E-state index contributed by atoms with van der Waals surface area (Å²) in [4.78, 5) is 32.0. The minimum atomic E-state index is -1.12. The van der Waals surface area contributed by atoms with Crippen molar-refractivity contribution in [2.45, 2.75) is 32.8 Å². The van der Waals surface area contributed by atoms with Gasteiger partial charge in [-0.05, 0) is 13.8 Å². The summed E-state index contributed by atoms with van der Waals surface area (Å²) in [5.74, 6) is -2.05. The van der Waals surface area contributed by atoms with Crippen molar-refractivity contribution in [1.29, 1.82) is 0 Å². The number of carbonyl (C=O) groups excluding carboxylic acids is 2. The number of hydrogen-bond donors (Lipinski definition) is 1. The summed E-state index contributed by atoms with van der Waals surface area (Å²) in [6.45, 7) is 6.13. The number of carboxylic acids is 1. The summed E-state index contributed by atoms with van der Waals surface area (Å²) < 4.78 is 4.80. The highest BCUT2D eigenvalue weighted by molar-refractivity contribution is 5.94. The summed E-state index contributed by atoms with van der Waals surface area (Å²) >= 11 is 0. The van der Waals surface area contributed by atoms with Crippen molar-refractivity contribution in [3.63, 3.8) is 0 Å². The number of hydrogen-bond acceptors (Lipinski definition) is 4. The lowest BCUT2D eigenvalue weighted by Crippen LogP contribution is -2.18. The fraction of sp³-hybridized carbons (Fsp3) is 0.500. The summed E-state index contributed by atoms with van der Waals surface area (Å²) in [5.41, 5.74) is -0.0295. The molecular weight excluding hydrogens is 200 g/mol. The highest BCUT2D eigenvalue weighted by Crippen LogP contribution is 2.07. The van der Waals surface area contributed by atoms with E-state index in [2.05, 4.69) is 6.58 Å². The van der Waals surface area contributed by atoms with Gasteiger partial charge in [0.25, 0.3) is 0 Å². The Kier molecular flexibility index (Phi) is 5.30. The van der Waals surface area contributed by atoms with E-state index in [0.29, 0.717) is 0 Å². The topological polar surface area (TPSA) is 80.7 Å². The monoisotopic (exact) mass is 214 g/mol. The highest BCUT2D eigenvalue weighted by atomic mass is 16.5. The highest BCUT2D eigenvalue weighted by Gasteiger charge is 2.14. The van der Waals surface area contributed by atoms with E-state index in [9.17, 15) is 14.4 Å². The van der Waals surface area contributed by atoms with Crippen molar-refractivity contribution in [3.05, 3.63) is 12.2 Å². The van der Waals surface area contributed by atoms with E-state index in [4.69, 9.17) is 9.84 Å². The molecule has 0 aliphatic heterocycles. The second kappa shape index (κ2) is 5.95. The van der Waals surface area contributed by atoms with Gasteiger partial charge in [0, 0.05) is 12.0 Å². The fourth-order valence-electron chi connectivity index (χ4n) is 0.945. The summed E-state index contributed by atoms with van der Waals surface area (Å²) in [6.07, 6.45) is -0.816. The molecule has 15 heavy (non-hydrogen) atoms. The minimum absolute atomic E-state index is 0.0295. The van der Waals surface area contributed by atoms with Gasteiger partial charge in [0.1, 0.15) is 18.3 Å². The Morgan fingerprint density at radius 1 is 1.40 bits per heavy atom. The number of aliphatic carboxylic acids is 1. The van der Waals surface area contributed by atoms with Crippen LogP contribution in [-0.2, 0) is 19.1 Å². The molecule has 0 rings (SSSR count). The van der Waals surface area contributed by atoms with Crippen LogP contribution in [0.1, 0.15) is 26.7 Å². The van der Waals surface area contributed by atoms with E-state index in [1.54, 1.807) is 6.92 Å². The smallest absolute Gasteiger partial charge is 0.331 e. The number of Topliss-reactive ketones (excluding diaryl/α,β-unsaturated/α-hetero) is 1. The Hall–Kier alpha value is -1.65. The molecule has 0 saturated heterocycles. The molecule has 0 aliphatic carbocycles. The van der Waals surface area contributed by atoms with Crippen molar-refractivity contribution in [2.24, 2.45) is 0 Å². The molecule has 1 N–H and O–H groups in total. The molecule has 0 bridgehead atoms. The molecule has 0 spiro atoms. The molecule has 0 aromatic rings. The van der Waals surface area contributed by atoms with E-state index in [1.807, 2.05) is 0 Å². The standard InChI is InChI=1S/C10H14O5/c1-6(10(13)14)4-8(3)15-9(12)5-7(2)11/h8H,1,4-5H2,2-3H3,(H,13,14). The largest absolute Gasteiger partial charge is 0.478 e. The third-order valence-corrected chi connectivity index (χ3v) is 1.56. The molecule has 0 fully saturated rings. The van der Waals surface area contributed by atoms with E-state index < -0.39 is 18.0 Å². The quantitative estimate of drug-likeness (QED) is 0.404. The van der Waals surface area contributed by atoms with Crippen LogP contribution in [0.4, 0.5) is 0 Å². The molecule has 0 amide bonds. The van der Waals surface area contributed by atoms with Crippen LogP contribution >= 0.6 is 0 Å². The molecule has 0 aromatic carbocycles. The van der Waals surface area contributed by atoms with Crippen LogP contribution in [0.2, 0.25) is 0 Å². The van der Waals surface area contributed by atoms with Crippen LogP contribution < -0.4 is 0 Å². The van der Waals surface area contributed by atoms with E-state index in [1.165, 1.54) is 6.92 Å². The van der Waals surface area contributed by atoms with Crippen molar-refractivity contribution in [1.82, 2.24) is 0 Å². The lowest BCUT2D eigenvalue weighted by molar-refractivity contribution is -0.150.